The zero-order valence-electron chi connectivity index (χ0n) is 15.9. The molecule has 29 heavy (non-hydrogen) atoms. The Hall–Kier alpha value is -2.84. The van der Waals surface area contributed by atoms with E-state index in [0.29, 0.717) is 17.1 Å². The van der Waals surface area contributed by atoms with Crippen molar-refractivity contribution in [3.8, 4) is 16.3 Å². The molecule has 146 valence electrons. The van der Waals surface area contributed by atoms with Gasteiger partial charge in [-0.2, -0.15) is 0 Å². The van der Waals surface area contributed by atoms with Crippen molar-refractivity contribution in [2.24, 2.45) is 0 Å². The summed E-state index contributed by atoms with van der Waals surface area (Å²) in [7, 11) is 0. The van der Waals surface area contributed by atoms with E-state index in [1.807, 2.05) is 18.2 Å². The van der Waals surface area contributed by atoms with E-state index in [-0.39, 0.29) is 12.0 Å². The van der Waals surface area contributed by atoms with E-state index in [0.717, 1.165) is 50.1 Å². The highest BCUT2D eigenvalue weighted by molar-refractivity contribution is 7.21. The van der Waals surface area contributed by atoms with E-state index in [1.165, 1.54) is 5.56 Å². The van der Waals surface area contributed by atoms with Gasteiger partial charge < -0.3 is 10.1 Å². The fourth-order valence-corrected chi connectivity index (χ4v) is 5.13. The quantitative estimate of drug-likeness (QED) is 0.534. The number of benzene rings is 2. The van der Waals surface area contributed by atoms with Crippen molar-refractivity contribution >= 4 is 39.0 Å². The first-order chi connectivity index (χ1) is 14.1. The minimum absolute atomic E-state index is 0.106. The number of hydrogen-bond donors (Lipinski definition) is 1. The first kappa shape index (κ1) is 18.2. The fraction of sp³-hybridized carbons (Fsp3) is 0.238. The number of para-hydroxylation sites is 1. The third-order valence-electron chi connectivity index (χ3n) is 4.91. The molecule has 8 heteroatoms. The zero-order chi connectivity index (χ0) is 20.0. The molecule has 1 atom stereocenters. The van der Waals surface area contributed by atoms with E-state index in [9.17, 15) is 4.79 Å². The molecule has 1 N–H and O–H groups in total. The summed E-state index contributed by atoms with van der Waals surface area (Å²) in [6, 6.07) is 12.4. The Morgan fingerprint density at radius 3 is 2.93 bits per heavy atom. The van der Waals surface area contributed by atoms with Gasteiger partial charge in [-0.15, -0.1) is 16.4 Å². The molecule has 0 fully saturated rings. The highest BCUT2D eigenvalue weighted by Gasteiger charge is 2.28. The molecular formula is C21H18N4O2S2. The third kappa shape index (κ3) is 3.38. The molecule has 5 rings (SSSR count). The predicted molar refractivity (Wildman–Crippen MR) is 115 cm³/mol. The summed E-state index contributed by atoms with van der Waals surface area (Å²) in [5.74, 6) is 0.726. The number of amides is 1. The van der Waals surface area contributed by atoms with Crippen LogP contribution in [-0.2, 0) is 6.42 Å². The number of hydrogen-bond acceptors (Lipinski definition) is 7. The average Bonchev–Trinajstić information content (AvgIpc) is 3.42. The van der Waals surface area contributed by atoms with Crippen LogP contribution in [0.5, 0.6) is 5.75 Å². The number of thiazole rings is 1. The van der Waals surface area contributed by atoms with Gasteiger partial charge in [-0.1, -0.05) is 22.7 Å². The number of carbonyl (C=O) groups excluding carboxylic acids is 1. The molecule has 1 unspecified atom stereocenters. The lowest BCUT2D eigenvalue weighted by Gasteiger charge is -2.12. The number of aromatic nitrogens is 3. The maximum absolute atomic E-state index is 12.4. The molecule has 0 bridgehead atoms. The molecule has 6 nitrogen and oxygen atoms in total. The van der Waals surface area contributed by atoms with Gasteiger partial charge in [-0.25, -0.2) is 4.98 Å². The lowest BCUT2D eigenvalue weighted by atomic mass is 10.0. The van der Waals surface area contributed by atoms with Crippen molar-refractivity contribution in [2.45, 2.75) is 26.4 Å². The first-order valence-electron chi connectivity index (χ1n) is 9.32. The van der Waals surface area contributed by atoms with E-state index in [4.69, 9.17) is 9.72 Å². The average molecular weight is 423 g/mol. The van der Waals surface area contributed by atoms with Crippen molar-refractivity contribution < 1.29 is 9.53 Å². The van der Waals surface area contributed by atoms with Crippen molar-refractivity contribution in [1.82, 2.24) is 19.9 Å². The van der Waals surface area contributed by atoms with E-state index < -0.39 is 0 Å². The number of nitrogens with one attached hydrogen (secondary N) is 1. The number of ether oxygens (including phenoxy) is 1. The van der Waals surface area contributed by atoms with Gasteiger partial charge in [-0.3, -0.25) is 4.79 Å². The Kier molecular flexibility index (Phi) is 4.52. The highest BCUT2D eigenvalue weighted by Crippen LogP contribution is 2.42. The molecule has 1 aliphatic heterocycles. The predicted octanol–water partition coefficient (Wildman–Crippen LogP) is 4.17. The van der Waals surface area contributed by atoms with Gasteiger partial charge in [0.15, 0.2) is 0 Å². The van der Waals surface area contributed by atoms with Crippen LogP contribution in [0, 0.1) is 13.8 Å². The monoisotopic (exact) mass is 422 g/mol. The topological polar surface area (TPSA) is 77.0 Å². The number of carbonyl (C=O) groups is 1. The molecule has 1 amide bonds. The van der Waals surface area contributed by atoms with E-state index in [1.54, 1.807) is 18.3 Å². The van der Waals surface area contributed by atoms with Crippen LogP contribution in [0.25, 0.3) is 20.8 Å². The Morgan fingerprint density at radius 1 is 1.28 bits per heavy atom. The van der Waals surface area contributed by atoms with Gasteiger partial charge in [-0.05, 0) is 54.7 Å². The first-order valence-corrected chi connectivity index (χ1v) is 10.9. The lowest BCUT2D eigenvalue weighted by molar-refractivity contribution is 0.0937. The summed E-state index contributed by atoms with van der Waals surface area (Å²) in [5.41, 5.74) is 5.01. The van der Waals surface area contributed by atoms with Gasteiger partial charge in [0.2, 0.25) is 0 Å². The summed E-state index contributed by atoms with van der Waals surface area (Å²) in [4.78, 5) is 17.7. The van der Waals surface area contributed by atoms with Crippen LogP contribution in [0.3, 0.4) is 0 Å². The fourth-order valence-electron chi connectivity index (χ4n) is 3.58. The molecule has 3 heterocycles. The Morgan fingerprint density at radius 2 is 2.14 bits per heavy atom. The molecule has 2 aromatic heterocycles. The summed E-state index contributed by atoms with van der Waals surface area (Å²) in [6.07, 6.45) is 0.653. The lowest BCUT2D eigenvalue weighted by Crippen LogP contribution is -2.34. The molecule has 0 radical (unpaired) electrons. The molecule has 0 aliphatic carbocycles. The van der Waals surface area contributed by atoms with Crippen LogP contribution in [0.4, 0.5) is 0 Å². The van der Waals surface area contributed by atoms with Gasteiger partial charge in [0.1, 0.15) is 21.7 Å². The smallest absolute Gasteiger partial charge is 0.265 e. The maximum Gasteiger partial charge on any atom is 0.265 e. The van der Waals surface area contributed by atoms with Crippen LogP contribution < -0.4 is 10.1 Å². The Labute approximate surface area is 175 Å². The molecule has 2 aromatic carbocycles. The van der Waals surface area contributed by atoms with Gasteiger partial charge in [0, 0.05) is 6.42 Å². The van der Waals surface area contributed by atoms with Crippen LogP contribution >= 0.6 is 22.9 Å². The van der Waals surface area contributed by atoms with Crippen LogP contribution in [0.2, 0.25) is 0 Å². The van der Waals surface area contributed by atoms with Crippen LogP contribution in [-0.4, -0.2) is 33.1 Å². The van der Waals surface area contributed by atoms with Crippen molar-refractivity contribution in [2.75, 3.05) is 6.54 Å². The molecule has 1 aliphatic rings. The molecular weight excluding hydrogens is 404 g/mol. The largest absolute Gasteiger partial charge is 0.487 e. The third-order valence-corrected chi connectivity index (χ3v) is 6.81. The van der Waals surface area contributed by atoms with Gasteiger partial charge >= 0.3 is 0 Å². The highest BCUT2D eigenvalue weighted by atomic mass is 32.1. The number of fused-ring (bicyclic) bond motifs is 2. The maximum atomic E-state index is 12.4. The van der Waals surface area contributed by atoms with Gasteiger partial charge in [0.05, 0.1) is 28.0 Å². The summed E-state index contributed by atoms with van der Waals surface area (Å²) in [5, 5.41) is 7.81. The molecule has 4 aromatic rings. The van der Waals surface area contributed by atoms with E-state index in [2.05, 4.69) is 40.0 Å². The number of nitrogens with zero attached hydrogens (tertiary/aromatic N) is 3. The molecule has 0 saturated heterocycles. The summed E-state index contributed by atoms with van der Waals surface area (Å²) in [6.45, 7) is 4.31. The summed E-state index contributed by atoms with van der Waals surface area (Å²) < 4.78 is 11.2. The minimum Gasteiger partial charge on any atom is -0.487 e. The Balaban J connectivity index is 1.38. The van der Waals surface area contributed by atoms with Crippen molar-refractivity contribution in [3.63, 3.8) is 0 Å². The second-order valence-electron chi connectivity index (χ2n) is 7.13. The van der Waals surface area contributed by atoms with Gasteiger partial charge in [0.25, 0.3) is 5.91 Å². The number of rotatable bonds is 4. The zero-order valence-corrected chi connectivity index (χ0v) is 17.6. The van der Waals surface area contributed by atoms with E-state index >= 15 is 0 Å². The second-order valence-corrected chi connectivity index (χ2v) is 8.91. The Bertz CT molecular complexity index is 1200. The molecule has 0 spiro atoms. The normalized spacial score (nSPS) is 15.3. The number of aryl methyl sites for hydroxylation is 2. The standard InChI is InChI=1S/C21H18N4O2S2/c1-11-7-13-9-14(10-22-20(26)19-12(2)24-25-29-19)27-18(13)15(8-11)21-23-16-5-3-4-6-17(16)28-21/h3-8,14H,9-10H2,1-2H3,(H,22,26). The van der Waals surface area contributed by atoms with Crippen LogP contribution in [0.15, 0.2) is 36.4 Å². The summed E-state index contributed by atoms with van der Waals surface area (Å²) >= 11 is 2.78. The molecule has 0 saturated carbocycles. The SMILES string of the molecule is Cc1cc2c(c(-c3nc4ccccc4s3)c1)OC(CNC(=O)c1snnc1C)C2. The van der Waals surface area contributed by atoms with Crippen molar-refractivity contribution in [1.29, 1.82) is 0 Å². The van der Waals surface area contributed by atoms with Crippen molar-refractivity contribution in [3.05, 3.63) is 58.1 Å². The minimum atomic E-state index is -0.153. The van der Waals surface area contributed by atoms with Crippen LogP contribution in [0.1, 0.15) is 26.5 Å². The second kappa shape index (κ2) is 7.20.